The highest BCUT2D eigenvalue weighted by atomic mass is 32.1. The molecule has 0 aliphatic carbocycles. The highest BCUT2D eigenvalue weighted by molar-refractivity contribution is 7.07. The van der Waals surface area contributed by atoms with Crippen molar-refractivity contribution in [3.63, 3.8) is 0 Å². The zero-order chi connectivity index (χ0) is 23.9. The van der Waals surface area contributed by atoms with Crippen LogP contribution < -0.4 is 23.7 Å². The van der Waals surface area contributed by atoms with E-state index in [4.69, 9.17) is 29.0 Å². The van der Waals surface area contributed by atoms with Crippen molar-refractivity contribution < 1.29 is 18.9 Å². The molecule has 0 amide bonds. The quantitative estimate of drug-likeness (QED) is 0.343. The van der Waals surface area contributed by atoms with E-state index >= 15 is 0 Å². The summed E-state index contributed by atoms with van der Waals surface area (Å²) < 4.78 is 23.7. The highest BCUT2D eigenvalue weighted by Crippen LogP contribution is 2.34. The number of pyridine rings is 1. The van der Waals surface area contributed by atoms with Gasteiger partial charge in [0.15, 0.2) is 0 Å². The average Bonchev–Trinajstić information content (AvgIpc) is 3.29. The molecule has 2 aromatic carbocycles. The molecule has 0 aliphatic heterocycles. The van der Waals surface area contributed by atoms with Gasteiger partial charge in [0.2, 0.25) is 4.80 Å². The van der Waals surface area contributed by atoms with E-state index in [9.17, 15) is 0 Å². The standard InChI is InChI=1S/C25H24N4O4S/c1-30-19-7-9-23(32-3)17(12-19)14-27-29-22(21-13-20(31-2)8-10-24(21)33-4)16-34-25(29)28-18-6-5-11-26-15-18/h5-16H,1-4H3. The topological polar surface area (TPSA) is 79.5 Å². The lowest BCUT2D eigenvalue weighted by atomic mass is 10.1. The summed E-state index contributed by atoms with van der Waals surface area (Å²) in [5.74, 6) is 2.77. The molecule has 4 rings (SSSR count). The van der Waals surface area contributed by atoms with E-state index in [-0.39, 0.29) is 0 Å². The predicted molar refractivity (Wildman–Crippen MR) is 133 cm³/mol. The van der Waals surface area contributed by atoms with Gasteiger partial charge in [0.25, 0.3) is 0 Å². The number of nitrogens with zero attached hydrogens (tertiary/aromatic N) is 4. The molecule has 0 saturated carbocycles. The van der Waals surface area contributed by atoms with Crippen LogP contribution in [-0.4, -0.2) is 44.3 Å². The Labute approximate surface area is 201 Å². The Kier molecular flexibility index (Phi) is 7.24. The number of aromatic nitrogens is 2. The molecule has 8 nitrogen and oxygen atoms in total. The van der Waals surface area contributed by atoms with E-state index < -0.39 is 0 Å². The molecule has 0 bridgehead atoms. The third-order valence-corrected chi connectivity index (χ3v) is 5.80. The molecule has 0 fully saturated rings. The SMILES string of the molecule is COc1ccc(OC)c(C=Nn2c(-c3cc(OC)ccc3OC)csc2=Nc2cccnc2)c1. The third kappa shape index (κ3) is 4.94. The van der Waals surface area contributed by atoms with Gasteiger partial charge in [-0.15, -0.1) is 11.3 Å². The molecule has 0 radical (unpaired) electrons. The molecular weight excluding hydrogens is 452 g/mol. The summed E-state index contributed by atoms with van der Waals surface area (Å²) in [5.41, 5.74) is 3.09. The maximum Gasteiger partial charge on any atom is 0.211 e. The van der Waals surface area contributed by atoms with E-state index in [0.29, 0.717) is 27.8 Å². The first kappa shape index (κ1) is 23.1. The van der Waals surface area contributed by atoms with Crippen LogP contribution in [0.5, 0.6) is 23.0 Å². The van der Waals surface area contributed by atoms with Crippen molar-refractivity contribution in [1.82, 2.24) is 9.66 Å². The lowest BCUT2D eigenvalue weighted by Crippen LogP contribution is -2.12. The van der Waals surface area contributed by atoms with Gasteiger partial charge in [-0.3, -0.25) is 4.98 Å². The Balaban J connectivity index is 1.91. The van der Waals surface area contributed by atoms with E-state index in [1.807, 2.05) is 53.9 Å². The molecule has 0 N–H and O–H groups in total. The summed E-state index contributed by atoms with van der Waals surface area (Å²) in [4.78, 5) is 9.57. The number of hydrogen-bond acceptors (Lipinski definition) is 8. The normalized spacial score (nSPS) is 11.6. The molecule has 34 heavy (non-hydrogen) atoms. The fourth-order valence-corrected chi connectivity index (χ4v) is 4.13. The minimum atomic E-state index is 0.658. The fraction of sp³-hybridized carbons (Fsp3) is 0.160. The van der Waals surface area contributed by atoms with Gasteiger partial charge in [0.05, 0.1) is 52.2 Å². The van der Waals surface area contributed by atoms with Crippen LogP contribution in [-0.2, 0) is 0 Å². The van der Waals surface area contributed by atoms with E-state index in [2.05, 4.69) is 4.98 Å². The van der Waals surface area contributed by atoms with Crippen LogP contribution in [0.25, 0.3) is 11.3 Å². The van der Waals surface area contributed by atoms with Crippen LogP contribution in [0.3, 0.4) is 0 Å². The van der Waals surface area contributed by atoms with Crippen molar-refractivity contribution in [1.29, 1.82) is 0 Å². The average molecular weight is 477 g/mol. The van der Waals surface area contributed by atoms with Crippen molar-refractivity contribution in [2.24, 2.45) is 10.1 Å². The molecule has 2 aromatic heterocycles. The first-order valence-electron chi connectivity index (χ1n) is 10.3. The molecule has 0 saturated heterocycles. The molecule has 9 heteroatoms. The van der Waals surface area contributed by atoms with Crippen LogP contribution in [0.15, 0.2) is 76.4 Å². The van der Waals surface area contributed by atoms with Crippen molar-refractivity contribution >= 4 is 23.2 Å². The Bertz CT molecular complexity index is 1360. The van der Waals surface area contributed by atoms with Gasteiger partial charge in [-0.25, -0.2) is 9.67 Å². The summed E-state index contributed by atoms with van der Waals surface area (Å²) in [6.45, 7) is 0. The fourth-order valence-electron chi connectivity index (χ4n) is 3.28. The molecular formula is C25H24N4O4S. The zero-order valence-electron chi connectivity index (χ0n) is 19.3. The van der Waals surface area contributed by atoms with Gasteiger partial charge >= 0.3 is 0 Å². The van der Waals surface area contributed by atoms with Crippen molar-refractivity contribution in [2.45, 2.75) is 0 Å². The third-order valence-electron chi connectivity index (χ3n) is 4.99. The molecule has 0 atom stereocenters. The van der Waals surface area contributed by atoms with Gasteiger partial charge < -0.3 is 18.9 Å². The van der Waals surface area contributed by atoms with Crippen LogP contribution in [0.4, 0.5) is 5.69 Å². The van der Waals surface area contributed by atoms with E-state index in [1.165, 1.54) is 11.3 Å². The van der Waals surface area contributed by atoms with Crippen molar-refractivity contribution in [3.8, 4) is 34.3 Å². The van der Waals surface area contributed by atoms with E-state index in [0.717, 1.165) is 22.5 Å². The van der Waals surface area contributed by atoms with Crippen LogP contribution in [0.1, 0.15) is 5.56 Å². The number of thiazole rings is 1. The highest BCUT2D eigenvalue weighted by Gasteiger charge is 2.14. The first-order chi connectivity index (χ1) is 16.7. The number of ether oxygens (including phenoxy) is 4. The van der Waals surface area contributed by atoms with E-state index in [1.54, 1.807) is 51.7 Å². The summed E-state index contributed by atoms with van der Waals surface area (Å²) in [6.07, 6.45) is 5.12. The lowest BCUT2D eigenvalue weighted by Gasteiger charge is -2.11. The Morgan fingerprint density at radius 1 is 0.882 bits per heavy atom. The minimum Gasteiger partial charge on any atom is -0.497 e. The van der Waals surface area contributed by atoms with Crippen LogP contribution >= 0.6 is 11.3 Å². The molecule has 174 valence electrons. The maximum atomic E-state index is 5.62. The predicted octanol–water partition coefficient (Wildman–Crippen LogP) is 4.76. The van der Waals surface area contributed by atoms with Crippen LogP contribution in [0.2, 0.25) is 0 Å². The second-order valence-corrected chi connectivity index (χ2v) is 7.79. The second-order valence-electron chi connectivity index (χ2n) is 6.96. The number of benzene rings is 2. The minimum absolute atomic E-state index is 0.658. The second kappa shape index (κ2) is 10.7. The molecule has 4 aromatic rings. The van der Waals surface area contributed by atoms with Crippen LogP contribution in [0, 0.1) is 0 Å². The smallest absolute Gasteiger partial charge is 0.211 e. The van der Waals surface area contributed by atoms with Gasteiger partial charge in [-0.05, 0) is 48.5 Å². The van der Waals surface area contributed by atoms with Gasteiger partial charge in [0, 0.05) is 22.7 Å². The molecule has 2 heterocycles. The number of methoxy groups -OCH3 is 4. The summed E-state index contributed by atoms with van der Waals surface area (Å²) in [6, 6.07) is 14.9. The lowest BCUT2D eigenvalue weighted by molar-refractivity contribution is 0.402. The molecule has 0 spiro atoms. The monoisotopic (exact) mass is 476 g/mol. The molecule has 0 unspecified atom stereocenters. The Hall–Kier alpha value is -4.11. The Morgan fingerprint density at radius 2 is 1.62 bits per heavy atom. The molecule has 0 aliphatic rings. The van der Waals surface area contributed by atoms with Gasteiger partial charge in [-0.1, -0.05) is 0 Å². The summed E-state index contributed by atoms with van der Waals surface area (Å²) in [7, 11) is 6.50. The largest absolute Gasteiger partial charge is 0.497 e. The number of hydrogen-bond donors (Lipinski definition) is 0. The summed E-state index contributed by atoms with van der Waals surface area (Å²) in [5, 5.41) is 6.76. The Morgan fingerprint density at radius 3 is 2.29 bits per heavy atom. The first-order valence-corrected chi connectivity index (χ1v) is 11.2. The number of rotatable bonds is 8. The van der Waals surface area contributed by atoms with Crippen molar-refractivity contribution in [3.05, 3.63) is 76.7 Å². The maximum absolute atomic E-state index is 5.62. The zero-order valence-corrected chi connectivity index (χ0v) is 20.1. The summed E-state index contributed by atoms with van der Waals surface area (Å²) >= 11 is 1.45. The van der Waals surface area contributed by atoms with Crippen molar-refractivity contribution in [2.75, 3.05) is 28.4 Å². The van der Waals surface area contributed by atoms with Gasteiger partial charge in [0.1, 0.15) is 23.0 Å². The van der Waals surface area contributed by atoms with Gasteiger partial charge in [-0.2, -0.15) is 5.10 Å².